The van der Waals surface area contributed by atoms with Gasteiger partial charge in [0.1, 0.15) is 5.82 Å². The lowest BCUT2D eigenvalue weighted by atomic mass is 10.1. The first kappa shape index (κ1) is 9.96. The van der Waals surface area contributed by atoms with Crippen LogP contribution in [0.2, 0.25) is 0 Å². The molecule has 0 aliphatic rings. The normalized spacial score (nSPS) is 10.9. The lowest BCUT2D eigenvalue weighted by Crippen LogP contribution is -1.85. The van der Waals surface area contributed by atoms with Crippen LogP contribution in [0.15, 0.2) is 42.7 Å². The first-order chi connectivity index (χ1) is 8.27. The van der Waals surface area contributed by atoms with E-state index in [2.05, 4.69) is 9.97 Å². The molecule has 3 aromatic rings. The minimum atomic E-state index is -0.453. The zero-order valence-electron chi connectivity index (χ0n) is 8.74. The summed E-state index contributed by atoms with van der Waals surface area (Å²) in [4.78, 5) is 6.74. The zero-order chi connectivity index (χ0) is 11.8. The van der Waals surface area contributed by atoms with Crippen LogP contribution in [0.4, 0.5) is 8.78 Å². The number of halogens is 2. The summed E-state index contributed by atoms with van der Waals surface area (Å²) in [6, 6.07) is 7.64. The van der Waals surface area contributed by atoms with Gasteiger partial charge < -0.3 is 4.98 Å². The summed E-state index contributed by atoms with van der Waals surface area (Å²) in [5, 5.41) is 0.415. The third kappa shape index (κ3) is 1.49. The van der Waals surface area contributed by atoms with Crippen LogP contribution in [0.1, 0.15) is 0 Å². The smallest absolute Gasteiger partial charge is 0.156 e. The Kier molecular flexibility index (Phi) is 2.14. The molecule has 0 fully saturated rings. The molecule has 2 aromatic heterocycles. The minimum absolute atomic E-state index is 0.158. The van der Waals surface area contributed by atoms with E-state index in [1.807, 2.05) is 0 Å². The van der Waals surface area contributed by atoms with E-state index < -0.39 is 11.6 Å². The summed E-state index contributed by atoms with van der Waals surface area (Å²) in [6.45, 7) is 0. The van der Waals surface area contributed by atoms with Crippen LogP contribution in [0.3, 0.4) is 0 Å². The Morgan fingerprint density at radius 1 is 1.06 bits per heavy atom. The molecule has 0 saturated carbocycles. The summed E-state index contributed by atoms with van der Waals surface area (Å²) >= 11 is 0. The van der Waals surface area contributed by atoms with Gasteiger partial charge in [-0.3, -0.25) is 4.98 Å². The second-order valence-corrected chi connectivity index (χ2v) is 3.72. The lowest BCUT2D eigenvalue weighted by Gasteiger charge is -1.99. The van der Waals surface area contributed by atoms with Crippen molar-refractivity contribution in [2.24, 2.45) is 0 Å². The van der Waals surface area contributed by atoms with Crippen molar-refractivity contribution in [2.45, 2.75) is 0 Å². The SMILES string of the molecule is Fc1ccccc1-c1[nH]c2cnccc2c1F. The van der Waals surface area contributed by atoms with E-state index >= 15 is 0 Å². The molecule has 17 heavy (non-hydrogen) atoms. The summed E-state index contributed by atoms with van der Waals surface area (Å²) in [5.74, 6) is -0.904. The molecule has 0 atom stereocenters. The Bertz CT molecular complexity index is 689. The van der Waals surface area contributed by atoms with Gasteiger partial charge in [0.15, 0.2) is 5.82 Å². The average molecular weight is 230 g/mol. The molecule has 3 rings (SSSR count). The van der Waals surface area contributed by atoms with Crippen molar-refractivity contribution in [1.82, 2.24) is 9.97 Å². The molecule has 1 N–H and O–H groups in total. The molecule has 0 amide bonds. The quantitative estimate of drug-likeness (QED) is 0.680. The van der Waals surface area contributed by atoms with Crippen molar-refractivity contribution in [3.05, 3.63) is 54.4 Å². The van der Waals surface area contributed by atoms with Gasteiger partial charge in [-0.05, 0) is 18.2 Å². The van der Waals surface area contributed by atoms with Crippen molar-refractivity contribution in [3.8, 4) is 11.3 Å². The Labute approximate surface area is 95.9 Å². The van der Waals surface area contributed by atoms with Crippen molar-refractivity contribution < 1.29 is 8.78 Å². The van der Waals surface area contributed by atoms with Gasteiger partial charge in [0.2, 0.25) is 0 Å². The molecule has 0 saturated heterocycles. The molecule has 0 unspecified atom stereocenters. The predicted octanol–water partition coefficient (Wildman–Crippen LogP) is 3.51. The van der Waals surface area contributed by atoms with E-state index in [0.29, 0.717) is 10.9 Å². The Morgan fingerprint density at radius 2 is 1.88 bits per heavy atom. The van der Waals surface area contributed by atoms with Crippen LogP contribution in [-0.2, 0) is 0 Å². The second-order valence-electron chi connectivity index (χ2n) is 3.72. The number of nitrogens with zero attached hydrogens (tertiary/aromatic N) is 1. The summed E-state index contributed by atoms with van der Waals surface area (Å²) in [5.41, 5.74) is 0.940. The van der Waals surface area contributed by atoms with E-state index in [1.165, 1.54) is 24.5 Å². The standard InChI is InChI=1S/C13H8F2N2/c14-10-4-2-1-3-8(10)13-12(15)9-5-6-16-7-11(9)17-13/h1-7,17H. The average Bonchev–Trinajstić information content (AvgIpc) is 2.68. The van der Waals surface area contributed by atoms with Crippen LogP contribution in [-0.4, -0.2) is 9.97 Å². The molecule has 0 aliphatic carbocycles. The fourth-order valence-corrected chi connectivity index (χ4v) is 1.86. The molecule has 0 bridgehead atoms. The molecular formula is C13H8F2N2. The third-order valence-electron chi connectivity index (χ3n) is 2.68. The Morgan fingerprint density at radius 3 is 2.65 bits per heavy atom. The number of hydrogen-bond acceptors (Lipinski definition) is 1. The zero-order valence-corrected chi connectivity index (χ0v) is 8.74. The van der Waals surface area contributed by atoms with E-state index in [0.717, 1.165) is 0 Å². The molecule has 0 aliphatic heterocycles. The molecule has 0 spiro atoms. The number of aromatic amines is 1. The van der Waals surface area contributed by atoms with Gasteiger partial charge in [0.05, 0.1) is 17.4 Å². The Hall–Kier alpha value is -2.23. The molecule has 2 heterocycles. The van der Waals surface area contributed by atoms with Gasteiger partial charge in [-0.1, -0.05) is 12.1 Å². The van der Waals surface area contributed by atoms with E-state index in [9.17, 15) is 8.78 Å². The number of nitrogens with one attached hydrogen (secondary N) is 1. The predicted molar refractivity (Wildman–Crippen MR) is 61.4 cm³/mol. The highest BCUT2D eigenvalue weighted by atomic mass is 19.1. The summed E-state index contributed by atoms with van der Waals surface area (Å²) < 4.78 is 27.7. The highest BCUT2D eigenvalue weighted by molar-refractivity contribution is 5.86. The highest BCUT2D eigenvalue weighted by Crippen LogP contribution is 2.29. The fourth-order valence-electron chi connectivity index (χ4n) is 1.86. The number of rotatable bonds is 1. The van der Waals surface area contributed by atoms with Crippen molar-refractivity contribution >= 4 is 10.9 Å². The largest absolute Gasteiger partial charge is 0.351 e. The van der Waals surface area contributed by atoms with E-state index in [4.69, 9.17) is 0 Å². The van der Waals surface area contributed by atoms with Crippen LogP contribution >= 0.6 is 0 Å². The first-order valence-electron chi connectivity index (χ1n) is 5.13. The maximum Gasteiger partial charge on any atom is 0.156 e. The van der Waals surface area contributed by atoms with E-state index in [-0.39, 0.29) is 11.3 Å². The first-order valence-corrected chi connectivity index (χ1v) is 5.13. The monoisotopic (exact) mass is 230 g/mol. The van der Waals surface area contributed by atoms with Crippen LogP contribution < -0.4 is 0 Å². The number of H-pyrrole nitrogens is 1. The minimum Gasteiger partial charge on any atom is -0.351 e. The molecule has 1 aromatic carbocycles. The molecule has 0 radical (unpaired) electrons. The second kappa shape index (κ2) is 3.66. The lowest BCUT2D eigenvalue weighted by molar-refractivity contribution is 0.620. The summed E-state index contributed by atoms with van der Waals surface area (Å²) in [6.07, 6.45) is 3.02. The van der Waals surface area contributed by atoms with Gasteiger partial charge in [0.25, 0.3) is 0 Å². The van der Waals surface area contributed by atoms with Crippen molar-refractivity contribution in [1.29, 1.82) is 0 Å². The van der Waals surface area contributed by atoms with Crippen LogP contribution in [0.5, 0.6) is 0 Å². The van der Waals surface area contributed by atoms with Crippen LogP contribution in [0, 0.1) is 11.6 Å². The van der Waals surface area contributed by atoms with Gasteiger partial charge in [-0.15, -0.1) is 0 Å². The number of pyridine rings is 1. The number of fused-ring (bicyclic) bond motifs is 1. The number of hydrogen-bond donors (Lipinski definition) is 1. The van der Waals surface area contributed by atoms with Gasteiger partial charge in [0, 0.05) is 17.1 Å². The van der Waals surface area contributed by atoms with E-state index in [1.54, 1.807) is 18.2 Å². The third-order valence-corrected chi connectivity index (χ3v) is 2.68. The molecule has 4 heteroatoms. The Balaban J connectivity index is 2.32. The fraction of sp³-hybridized carbons (Fsp3) is 0. The summed E-state index contributed by atoms with van der Waals surface area (Å²) in [7, 11) is 0. The van der Waals surface area contributed by atoms with Gasteiger partial charge in [-0.25, -0.2) is 8.78 Å². The number of benzene rings is 1. The van der Waals surface area contributed by atoms with Gasteiger partial charge in [-0.2, -0.15) is 0 Å². The highest BCUT2D eigenvalue weighted by Gasteiger charge is 2.15. The number of aromatic nitrogens is 2. The molecule has 84 valence electrons. The maximum absolute atomic E-state index is 14.1. The molecular weight excluding hydrogens is 222 g/mol. The van der Waals surface area contributed by atoms with Gasteiger partial charge >= 0.3 is 0 Å². The topological polar surface area (TPSA) is 28.7 Å². The van der Waals surface area contributed by atoms with Crippen molar-refractivity contribution in [3.63, 3.8) is 0 Å². The molecule has 2 nitrogen and oxygen atoms in total. The maximum atomic E-state index is 14.1. The van der Waals surface area contributed by atoms with Crippen LogP contribution in [0.25, 0.3) is 22.2 Å². The van der Waals surface area contributed by atoms with Crippen molar-refractivity contribution in [2.75, 3.05) is 0 Å².